The molecule has 1 fully saturated rings. The molecule has 0 unspecified atom stereocenters. The van der Waals surface area contributed by atoms with Crippen LogP contribution < -0.4 is 5.32 Å². The molecule has 1 aliphatic rings. The maximum absolute atomic E-state index is 12.2. The van der Waals surface area contributed by atoms with Crippen molar-refractivity contribution in [3.63, 3.8) is 0 Å². The monoisotopic (exact) mass is 272 g/mol. The number of carbonyl (C=O) groups excluding carboxylic acids is 3. The fraction of sp³-hybridized carbons (Fsp3) is 0.214. The Morgan fingerprint density at radius 3 is 2.60 bits per heavy atom. The highest BCUT2D eigenvalue weighted by Crippen LogP contribution is 2.21. The lowest BCUT2D eigenvalue weighted by molar-refractivity contribution is -0.135. The van der Waals surface area contributed by atoms with E-state index in [1.165, 1.54) is 4.90 Å². The second-order valence-corrected chi connectivity index (χ2v) is 4.78. The average molecular weight is 272 g/mol. The normalized spacial score (nSPS) is 15.6. The van der Waals surface area contributed by atoms with Gasteiger partial charge in [-0.3, -0.25) is 19.7 Å². The predicted molar refractivity (Wildman–Crippen MR) is 70.0 cm³/mol. The number of amides is 3. The first-order valence-electron chi connectivity index (χ1n) is 6.15. The van der Waals surface area contributed by atoms with Crippen molar-refractivity contribution in [3.8, 4) is 0 Å². The number of piperazine rings is 1. The van der Waals surface area contributed by atoms with Crippen molar-refractivity contribution >= 4 is 28.7 Å². The number of nitrogens with one attached hydrogen (secondary N) is 1. The number of nitrogens with zero attached hydrogens (tertiary/aromatic N) is 1. The number of hydrogen-bond donors (Lipinski definition) is 1. The largest absolute Gasteiger partial charge is 0.451 e. The zero-order valence-corrected chi connectivity index (χ0v) is 10.8. The summed E-state index contributed by atoms with van der Waals surface area (Å²) in [6.45, 7) is 1.67. The van der Waals surface area contributed by atoms with Gasteiger partial charge >= 0.3 is 0 Å². The number of fused-ring (bicyclic) bond motifs is 1. The van der Waals surface area contributed by atoms with Gasteiger partial charge in [0.15, 0.2) is 5.76 Å². The van der Waals surface area contributed by atoms with Crippen molar-refractivity contribution in [2.75, 3.05) is 13.1 Å². The lowest BCUT2D eigenvalue weighted by Gasteiger charge is -2.24. The van der Waals surface area contributed by atoms with Gasteiger partial charge in [-0.05, 0) is 25.1 Å². The maximum atomic E-state index is 12.2. The van der Waals surface area contributed by atoms with Crippen LogP contribution in [0.25, 0.3) is 11.0 Å². The summed E-state index contributed by atoms with van der Waals surface area (Å²) in [6.07, 6.45) is 0. The molecule has 2 aromatic rings. The Kier molecular flexibility index (Phi) is 2.78. The third kappa shape index (κ3) is 2.16. The van der Waals surface area contributed by atoms with Crippen LogP contribution in [0.15, 0.2) is 28.7 Å². The summed E-state index contributed by atoms with van der Waals surface area (Å²) in [5.74, 6) is -1.29. The summed E-state index contributed by atoms with van der Waals surface area (Å²) in [6, 6.07) is 7.21. The molecule has 0 saturated carbocycles. The van der Waals surface area contributed by atoms with Gasteiger partial charge in [0.25, 0.3) is 5.91 Å². The molecule has 3 rings (SSSR count). The molecule has 1 aromatic heterocycles. The van der Waals surface area contributed by atoms with Crippen molar-refractivity contribution in [2.45, 2.75) is 6.92 Å². The number of benzene rings is 1. The topological polar surface area (TPSA) is 79.6 Å². The Hall–Kier alpha value is -2.63. The minimum atomic E-state index is -0.485. The highest BCUT2D eigenvalue weighted by molar-refractivity contribution is 6.05. The Morgan fingerprint density at radius 2 is 1.90 bits per heavy atom. The molecule has 0 radical (unpaired) electrons. The molecule has 0 aliphatic carbocycles. The first-order chi connectivity index (χ1) is 9.52. The second-order valence-electron chi connectivity index (χ2n) is 4.78. The predicted octanol–water partition coefficient (Wildman–Crippen LogP) is 0.840. The van der Waals surface area contributed by atoms with E-state index in [2.05, 4.69) is 5.32 Å². The van der Waals surface area contributed by atoms with Gasteiger partial charge in [0.1, 0.15) is 18.7 Å². The summed E-state index contributed by atoms with van der Waals surface area (Å²) in [5, 5.41) is 2.97. The van der Waals surface area contributed by atoms with Crippen LogP contribution in [0.2, 0.25) is 0 Å². The molecule has 1 aromatic carbocycles. The standard InChI is InChI=1S/C14H12N2O4/c1-8-2-3-10-9(4-8)5-11(20-10)14(19)16-6-12(17)15-13(18)7-16/h2-5H,6-7H2,1H3,(H,15,17,18). The molecule has 1 saturated heterocycles. The molecule has 20 heavy (non-hydrogen) atoms. The van der Waals surface area contributed by atoms with Gasteiger partial charge in [-0.15, -0.1) is 0 Å². The Labute approximate surface area is 114 Å². The molecule has 1 aliphatic heterocycles. The van der Waals surface area contributed by atoms with Crippen molar-refractivity contribution < 1.29 is 18.8 Å². The van der Waals surface area contributed by atoms with Crippen LogP contribution in [0, 0.1) is 6.92 Å². The van der Waals surface area contributed by atoms with Crippen LogP contribution >= 0.6 is 0 Å². The maximum Gasteiger partial charge on any atom is 0.290 e. The van der Waals surface area contributed by atoms with Gasteiger partial charge in [-0.2, -0.15) is 0 Å². The minimum absolute atomic E-state index is 0.133. The van der Waals surface area contributed by atoms with Gasteiger partial charge in [0.2, 0.25) is 11.8 Å². The van der Waals surface area contributed by atoms with Crippen molar-refractivity contribution in [3.05, 3.63) is 35.6 Å². The van der Waals surface area contributed by atoms with Gasteiger partial charge < -0.3 is 9.32 Å². The zero-order valence-electron chi connectivity index (χ0n) is 10.8. The number of aryl methyl sites for hydroxylation is 1. The van der Waals surface area contributed by atoms with E-state index in [-0.39, 0.29) is 18.8 Å². The van der Waals surface area contributed by atoms with Gasteiger partial charge in [-0.1, -0.05) is 11.6 Å². The number of rotatable bonds is 1. The molecule has 2 heterocycles. The SMILES string of the molecule is Cc1ccc2oc(C(=O)N3CC(=O)NC(=O)C3)cc2c1. The smallest absolute Gasteiger partial charge is 0.290 e. The lowest BCUT2D eigenvalue weighted by Crippen LogP contribution is -2.53. The molecule has 0 spiro atoms. The third-order valence-corrected chi connectivity index (χ3v) is 3.12. The second kappa shape index (κ2) is 4.48. The first kappa shape index (κ1) is 12.4. The fourth-order valence-electron chi connectivity index (χ4n) is 2.20. The number of furan rings is 1. The number of carbonyl (C=O) groups is 3. The molecule has 6 nitrogen and oxygen atoms in total. The van der Waals surface area contributed by atoms with Crippen LogP contribution in [0.1, 0.15) is 16.1 Å². The fourth-order valence-corrected chi connectivity index (χ4v) is 2.20. The minimum Gasteiger partial charge on any atom is -0.451 e. The highest BCUT2D eigenvalue weighted by Gasteiger charge is 2.28. The molecule has 0 atom stereocenters. The Morgan fingerprint density at radius 1 is 1.20 bits per heavy atom. The zero-order chi connectivity index (χ0) is 14.3. The Bertz CT molecular complexity index is 716. The van der Waals surface area contributed by atoms with E-state index in [0.29, 0.717) is 5.58 Å². The van der Waals surface area contributed by atoms with Crippen LogP contribution in [0.4, 0.5) is 0 Å². The van der Waals surface area contributed by atoms with E-state index in [1.54, 1.807) is 12.1 Å². The van der Waals surface area contributed by atoms with Crippen LogP contribution in [0.3, 0.4) is 0 Å². The molecule has 1 N–H and O–H groups in total. The molecular weight excluding hydrogens is 260 g/mol. The van der Waals surface area contributed by atoms with Crippen LogP contribution in [-0.4, -0.2) is 35.7 Å². The van der Waals surface area contributed by atoms with Crippen molar-refractivity contribution in [1.82, 2.24) is 10.2 Å². The molecular formula is C14H12N2O4. The average Bonchev–Trinajstić information content (AvgIpc) is 2.79. The summed E-state index contributed by atoms with van der Waals surface area (Å²) in [7, 11) is 0. The first-order valence-corrected chi connectivity index (χ1v) is 6.15. The summed E-state index contributed by atoms with van der Waals surface area (Å²) < 4.78 is 5.47. The van der Waals surface area contributed by atoms with E-state index in [4.69, 9.17) is 4.42 Å². The van der Waals surface area contributed by atoms with Crippen LogP contribution in [-0.2, 0) is 9.59 Å². The molecule has 0 bridgehead atoms. The quantitative estimate of drug-likeness (QED) is 0.780. The van der Waals surface area contributed by atoms with Gasteiger partial charge in [0.05, 0.1) is 0 Å². The van der Waals surface area contributed by atoms with Crippen molar-refractivity contribution in [2.24, 2.45) is 0 Å². The molecule has 102 valence electrons. The third-order valence-electron chi connectivity index (χ3n) is 3.12. The van der Waals surface area contributed by atoms with E-state index in [9.17, 15) is 14.4 Å². The van der Waals surface area contributed by atoms with Gasteiger partial charge in [-0.25, -0.2) is 0 Å². The van der Waals surface area contributed by atoms with E-state index >= 15 is 0 Å². The van der Waals surface area contributed by atoms with Crippen LogP contribution in [0.5, 0.6) is 0 Å². The lowest BCUT2D eigenvalue weighted by atomic mass is 10.2. The molecule has 3 amide bonds. The Balaban J connectivity index is 1.92. The van der Waals surface area contributed by atoms with E-state index in [0.717, 1.165) is 10.9 Å². The highest BCUT2D eigenvalue weighted by atomic mass is 16.3. The van der Waals surface area contributed by atoms with Gasteiger partial charge in [0, 0.05) is 5.39 Å². The van der Waals surface area contributed by atoms with E-state index < -0.39 is 17.7 Å². The molecule has 6 heteroatoms. The van der Waals surface area contributed by atoms with Crippen molar-refractivity contribution in [1.29, 1.82) is 0 Å². The number of imide groups is 1. The summed E-state index contributed by atoms with van der Waals surface area (Å²) in [5.41, 5.74) is 1.66. The number of hydrogen-bond acceptors (Lipinski definition) is 4. The summed E-state index contributed by atoms with van der Waals surface area (Å²) >= 11 is 0. The van der Waals surface area contributed by atoms with E-state index in [1.807, 2.05) is 19.1 Å². The summed E-state index contributed by atoms with van der Waals surface area (Å²) in [4.78, 5) is 36.0.